The number of nitrogens with one attached hydrogen (secondary N) is 1. The number of carbonyl (C=O) groups excluding carboxylic acids is 1. The van der Waals surface area contributed by atoms with Crippen LogP contribution in [0.15, 0.2) is 41.8 Å². The number of hydrogen-bond donors (Lipinski definition) is 1. The van der Waals surface area contributed by atoms with E-state index in [1.165, 1.54) is 23.5 Å². The molecule has 1 aliphatic heterocycles. The van der Waals surface area contributed by atoms with Gasteiger partial charge in [0.1, 0.15) is 46.5 Å². The van der Waals surface area contributed by atoms with Crippen LogP contribution in [0, 0.1) is 5.82 Å². The lowest BCUT2D eigenvalue weighted by molar-refractivity contribution is 0.102. The van der Waals surface area contributed by atoms with Gasteiger partial charge in [-0.05, 0) is 44.2 Å². The number of carbonyl (C=O) groups is 1. The van der Waals surface area contributed by atoms with Crippen molar-refractivity contribution in [2.24, 2.45) is 0 Å². The van der Waals surface area contributed by atoms with Crippen molar-refractivity contribution in [2.45, 2.75) is 33.0 Å². The van der Waals surface area contributed by atoms with Crippen molar-refractivity contribution in [3.8, 4) is 17.2 Å². The zero-order valence-corrected chi connectivity index (χ0v) is 17.4. The molecular formula is C22H21FN2O4S. The molecule has 0 spiro atoms. The molecule has 0 saturated carbocycles. The highest BCUT2D eigenvalue weighted by Crippen LogP contribution is 2.38. The summed E-state index contributed by atoms with van der Waals surface area (Å²) in [4.78, 5) is 17.0. The molecule has 2 aromatic carbocycles. The Bertz CT molecular complexity index is 1050. The highest BCUT2D eigenvalue weighted by molar-refractivity contribution is 7.09. The van der Waals surface area contributed by atoms with Gasteiger partial charge < -0.3 is 19.5 Å². The molecule has 1 aliphatic rings. The number of anilines is 1. The number of nitrogens with zero attached hydrogens (tertiary/aromatic N) is 1. The lowest BCUT2D eigenvalue weighted by atomic mass is 10.1. The van der Waals surface area contributed by atoms with Crippen molar-refractivity contribution in [1.29, 1.82) is 0 Å². The topological polar surface area (TPSA) is 69.7 Å². The van der Waals surface area contributed by atoms with Gasteiger partial charge >= 0.3 is 0 Å². The van der Waals surface area contributed by atoms with Crippen LogP contribution in [0.3, 0.4) is 0 Å². The molecule has 1 unspecified atom stereocenters. The van der Waals surface area contributed by atoms with Crippen LogP contribution in [0.5, 0.6) is 17.2 Å². The normalized spacial score (nSPS) is 14.7. The number of hydrogen-bond acceptors (Lipinski definition) is 6. The molecule has 1 atom stereocenters. The lowest BCUT2D eigenvalue weighted by Gasteiger charge is -2.13. The van der Waals surface area contributed by atoms with E-state index in [4.69, 9.17) is 14.2 Å². The highest BCUT2D eigenvalue weighted by atomic mass is 32.1. The van der Waals surface area contributed by atoms with Gasteiger partial charge in [0, 0.05) is 23.4 Å². The van der Waals surface area contributed by atoms with Gasteiger partial charge in [-0.15, -0.1) is 11.3 Å². The molecule has 4 rings (SSSR count). The second-order valence-corrected chi connectivity index (χ2v) is 7.79. The number of aromatic nitrogens is 1. The summed E-state index contributed by atoms with van der Waals surface area (Å²) < 4.78 is 30.0. The maximum atomic E-state index is 13.0. The zero-order valence-electron chi connectivity index (χ0n) is 16.6. The standard InChI is InChI=1S/C22H21FN2O4S/c1-3-27-20-9-14-8-13(2)29-19(14)10-17(20)25-22(26)18-12-30-21(24-18)11-28-16-6-4-15(23)5-7-16/h4-7,9-10,12-13H,3,8,11H2,1-2H3,(H,25,26). The summed E-state index contributed by atoms with van der Waals surface area (Å²) in [7, 11) is 0. The Hall–Kier alpha value is -3.13. The molecule has 0 saturated heterocycles. The van der Waals surface area contributed by atoms with Gasteiger partial charge in [-0.3, -0.25) is 4.79 Å². The van der Waals surface area contributed by atoms with Crippen LogP contribution in [-0.4, -0.2) is 23.6 Å². The molecule has 1 N–H and O–H groups in total. The Balaban J connectivity index is 1.44. The summed E-state index contributed by atoms with van der Waals surface area (Å²) in [5.41, 5.74) is 1.90. The molecular weight excluding hydrogens is 407 g/mol. The van der Waals surface area contributed by atoms with Crippen molar-refractivity contribution >= 4 is 22.9 Å². The summed E-state index contributed by atoms with van der Waals surface area (Å²) in [6, 6.07) is 9.46. The molecule has 1 amide bonds. The van der Waals surface area contributed by atoms with Crippen molar-refractivity contribution in [2.75, 3.05) is 11.9 Å². The Labute approximate surface area is 177 Å². The summed E-state index contributed by atoms with van der Waals surface area (Å²) in [6.07, 6.45) is 0.912. The second kappa shape index (κ2) is 8.71. The fourth-order valence-corrected chi connectivity index (χ4v) is 3.84. The minimum Gasteiger partial charge on any atom is -0.492 e. The molecule has 0 bridgehead atoms. The van der Waals surface area contributed by atoms with Crippen molar-refractivity contribution in [1.82, 2.24) is 4.98 Å². The Morgan fingerprint density at radius 3 is 2.87 bits per heavy atom. The summed E-state index contributed by atoms with van der Waals surface area (Å²) in [5, 5.41) is 5.18. The Kier molecular flexibility index (Phi) is 5.85. The van der Waals surface area contributed by atoms with Crippen LogP contribution in [0.1, 0.15) is 34.9 Å². The number of amides is 1. The number of ether oxygens (including phenoxy) is 3. The predicted octanol–water partition coefficient (Wildman–Crippen LogP) is 4.84. The first kappa shape index (κ1) is 20.2. The number of fused-ring (bicyclic) bond motifs is 1. The van der Waals surface area contributed by atoms with E-state index in [1.807, 2.05) is 19.9 Å². The molecule has 0 radical (unpaired) electrons. The number of rotatable bonds is 7. The zero-order chi connectivity index (χ0) is 21.1. The van der Waals surface area contributed by atoms with Crippen LogP contribution < -0.4 is 19.5 Å². The molecule has 8 heteroatoms. The first-order valence-electron chi connectivity index (χ1n) is 9.62. The third-order valence-corrected chi connectivity index (χ3v) is 5.33. The van der Waals surface area contributed by atoms with E-state index < -0.39 is 0 Å². The molecule has 6 nitrogen and oxygen atoms in total. The maximum absolute atomic E-state index is 13.0. The van der Waals surface area contributed by atoms with Crippen molar-refractivity contribution in [3.05, 3.63) is 63.9 Å². The average molecular weight is 428 g/mol. The average Bonchev–Trinajstić information content (AvgIpc) is 3.33. The minimum atomic E-state index is -0.341. The quantitative estimate of drug-likeness (QED) is 0.583. The number of halogens is 1. The van der Waals surface area contributed by atoms with Crippen LogP contribution in [0.4, 0.5) is 10.1 Å². The third-order valence-electron chi connectivity index (χ3n) is 4.51. The van der Waals surface area contributed by atoms with Crippen LogP contribution in [0.2, 0.25) is 0 Å². The van der Waals surface area contributed by atoms with E-state index in [0.717, 1.165) is 17.7 Å². The van der Waals surface area contributed by atoms with Gasteiger partial charge in [-0.1, -0.05) is 0 Å². The molecule has 156 valence electrons. The summed E-state index contributed by atoms with van der Waals surface area (Å²) in [5.74, 6) is 1.23. The first-order chi connectivity index (χ1) is 14.5. The predicted molar refractivity (Wildman–Crippen MR) is 112 cm³/mol. The number of benzene rings is 2. The highest BCUT2D eigenvalue weighted by Gasteiger charge is 2.23. The summed E-state index contributed by atoms with van der Waals surface area (Å²) in [6.45, 7) is 4.58. The van der Waals surface area contributed by atoms with Crippen LogP contribution in [-0.2, 0) is 13.0 Å². The van der Waals surface area contributed by atoms with Crippen LogP contribution >= 0.6 is 11.3 Å². The van der Waals surface area contributed by atoms with Gasteiger partial charge in [0.05, 0.1) is 12.3 Å². The molecule has 30 heavy (non-hydrogen) atoms. The van der Waals surface area contributed by atoms with E-state index in [2.05, 4.69) is 10.3 Å². The maximum Gasteiger partial charge on any atom is 0.275 e. The van der Waals surface area contributed by atoms with E-state index in [9.17, 15) is 9.18 Å². The Morgan fingerprint density at radius 2 is 2.10 bits per heavy atom. The van der Waals surface area contributed by atoms with Gasteiger partial charge in [-0.2, -0.15) is 0 Å². The fourth-order valence-electron chi connectivity index (χ4n) is 3.16. The monoisotopic (exact) mass is 428 g/mol. The Morgan fingerprint density at radius 1 is 1.30 bits per heavy atom. The van der Waals surface area contributed by atoms with Crippen LogP contribution in [0.25, 0.3) is 0 Å². The summed E-state index contributed by atoms with van der Waals surface area (Å²) >= 11 is 1.32. The lowest BCUT2D eigenvalue weighted by Crippen LogP contribution is -2.14. The van der Waals surface area contributed by atoms with Gasteiger partial charge in [0.2, 0.25) is 0 Å². The van der Waals surface area contributed by atoms with E-state index in [-0.39, 0.29) is 30.1 Å². The fraction of sp³-hybridized carbons (Fsp3) is 0.273. The van der Waals surface area contributed by atoms with Crippen molar-refractivity contribution < 1.29 is 23.4 Å². The van der Waals surface area contributed by atoms with Gasteiger partial charge in [0.25, 0.3) is 5.91 Å². The van der Waals surface area contributed by atoms with E-state index in [0.29, 0.717) is 28.8 Å². The van der Waals surface area contributed by atoms with Gasteiger partial charge in [0.15, 0.2) is 0 Å². The SMILES string of the molecule is CCOc1cc2c(cc1NC(=O)c1csc(COc3ccc(F)cc3)n1)OC(C)C2. The molecule has 0 aliphatic carbocycles. The molecule has 0 fully saturated rings. The number of thiazole rings is 1. The van der Waals surface area contributed by atoms with E-state index >= 15 is 0 Å². The minimum absolute atomic E-state index is 0.0997. The molecule has 1 aromatic heterocycles. The molecule has 3 aromatic rings. The first-order valence-corrected chi connectivity index (χ1v) is 10.5. The second-order valence-electron chi connectivity index (χ2n) is 6.84. The smallest absolute Gasteiger partial charge is 0.275 e. The molecule has 2 heterocycles. The third kappa shape index (κ3) is 4.54. The van der Waals surface area contributed by atoms with Gasteiger partial charge in [-0.25, -0.2) is 9.37 Å². The van der Waals surface area contributed by atoms with E-state index in [1.54, 1.807) is 23.6 Å². The largest absolute Gasteiger partial charge is 0.492 e. The van der Waals surface area contributed by atoms with Crippen molar-refractivity contribution in [3.63, 3.8) is 0 Å².